The first-order valence-corrected chi connectivity index (χ1v) is 13.8. The smallest absolute Gasteiger partial charge is 0.271 e. The van der Waals surface area contributed by atoms with Crippen molar-refractivity contribution in [2.75, 3.05) is 18.5 Å². The van der Waals surface area contributed by atoms with Gasteiger partial charge in [-0.15, -0.1) is 0 Å². The number of hydrogen-bond donors (Lipinski definition) is 2. The molecule has 0 atom stereocenters. The highest BCUT2D eigenvalue weighted by Crippen LogP contribution is 2.29. The Morgan fingerprint density at radius 2 is 1.64 bits per heavy atom. The second-order valence-electron chi connectivity index (χ2n) is 9.41. The molecule has 0 unspecified atom stereocenters. The van der Waals surface area contributed by atoms with Crippen molar-refractivity contribution in [3.05, 3.63) is 118 Å². The third-order valence-corrected chi connectivity index (χ3v) is 6.40. The van der Waals surface area contributed by atoms with Crippen LogP contribution < -0.4 is 25.0 Å². The lowest BCUT2D eigenvalue weighted by Gasteiger charge is -2.13. The Balaban J connectivity index is 1.31. The minimum absolute atomic E-state index is 0.198. The van der Waals surface area contributed by atoms with Gasteiger partial charge in [0, 0.05) is 11.3 Å². The van der Waals surface area contributed by atoms with E-state index in [1.807, 2.05) is 69.3 Å². The number of amides is 2. The van der Waals surface area contributed by atoms with Crippen LogP contribution in [0.4, 0.5) is 5.69 Å². The number of anilines is 1. The zero-order valence-electron chi connectivity index (χ0n) is 23.6. The van der Waals surface area contributed by atoms with E-state index in [1.54, 1.807) is 36.4 Å². The average Bonchev–Trinajstić information content (AvgIpc) is 2.98. The van der Waals surface area contributed by atoms with Gasteiger partial charge in [-0.3, -0.25) is 9.59 Å². The number of benzene rings is 4. The fourth-order valence-electron chi connectivity index (χ4n) is 3.92. The van der Waals surface area contributed by atoms with Gasteiger partial charge in [0.05, 0.1) is 17.8 Å². The molecule has 0 bridgehead atoms. The molecule has 2 N–H and O–H groups in total. The predicted octanol–water partition coefficient (Wildman–Crippen LogP) is 6.72. The average molecular weight is 586 g/mol. The number of halogens is 1. The molecule has 4 aromatic carbocycles. The zero-order valence-corrected chi connectivity index (χ0v) is 24.4. The zero-order chi connectivity index (χ0) is 29.9. The topological polar surface area (TPSA) is 98.3 Å². The molecule has 0 fully saturated rings. The lowest BCUT2D eigenvalue weighted by atomic mass is 10.1. The maximum absolute atomic E-state index is 12.7. The SMILES string of the molecule is CCOc1cc(C(=O)N/N=C/c2ccc(OCC(=O)Nc3cc(C)ccc3C)c(Cl)c2)ccc1OCc1ccccc1. The van der Waals surface area contributed by atoms with Crippen molar-refractivity contribution < 1.29 is 23.8 Å². The van der Waals surface area contributed by atoms with Gasteiger partial charge in [0.15, 0.2) is 18.1 Å². The summed E-state index contributed by atoms with van der Waals surface area (Å²) in [7, 11) is 0. The number of nitrogens with one attached hydrogen (secondary N) is 2. The van der Waals surface area contributed by atoms with Crippen LogP contribution in [0.2, 0.25) is 5.02 Å². The molecule has 0 spiro atoms. The Kier molecular flexibility index (Phi) is 10.6. The second kappa shape index (κ2) is 14.7. The molecule has 0 radical (unpaired) electrons. The number of aryl methyl sites for hydroxylation is 2. The van der Waals surface area contributed by atoms with Crippen LogP contribution in [0.25, 0.3) is 0 Å². The molecule has 0 aliphatic rings. The first-order valence-electron chi connectivity index (χ1n) is 13.4. The van der Waals surface area contributed by atoms with Gasteiger partial charge in [-0.05, 0) is 85.5 Å². The quantitative estimate of drug-likeness (QED) is 0.142. The van der Waals surface area contributed by atoms with E-state index in [0.29, 0.717) is 46.6 Å². The summed E-state index contributed by atoms with van der Waals surface area (Å²) in [5.74, 6) is 0.654. The molecule has 0 heterocycles. The molecular formula is C33H32ClN3O5. The van der Waals surface area contributed by atoms with Crippen LogP contribution in [-0.4, -0.2) is 31.2 Å². The largest absolute Gasteiger partial charge is 0.490 e. The van der Waals surface area contributed by atoms with Crippen molar-refractivity contribution in [1.82, 2.24) is 5.43 Å². The first-order chi connectivity index (χ1) is 20.3. The number of carbonyl (C=O) groups is 2. The number of nitrogens with zero attached hydrogens (tertiary/aromatic N) is 1. The molecule has 8 nitrogen and oxygen atoms in total. The van der Waals surface area contributed by atoms with E-state index in [4.69, 9.17) is 25.8 Å². The molecule has 4 aromatic rings. The predicted molar refractivity (Wildman–Crippen MR) is 165 cm³/mol. The Morgan fingerprint density at radius 1 is 0.857 bits per heavy atom. The molecule has 0 saturated heterocycles. The summed E-state index contributed by atoms with van der Waals surface area (Å²) < 4.78 is 17.2. The van der Waals surface area contributed by atoms with Crippen molar-refractivity contribution >= 4 is 35.3 Å². The Bertz CT molecular complexity index is 1570. The highest BCUT2D eigenvalue weighted by molar-refractivity contribution is 6.32. The van der Waals surface area contributed by atoms with Crippen LogP contribution in [0.1, 0.15) is 39.5 Å². The van der Waals surface area contributed by atoms with Gasteiger partial charge in [0.1, 0.15) is 12.4 Å². The number of hydrogen-bond acceptors (Lipinski definition) is 6. The standard InChI is InChI=1S/C33H32ClN3O5/c1-4-40-31-18-26(13-15-30(31)41-20-24-8-6-5-7-9-24)33(39)37-35-19-25-12-14-29(27(34)17-25)42-21-32(38)36-28-16-22(2)10-11-23(28)3/h5-19H,4,20-21H2,1-3H3,(H,36,38)(H,37,39)/b35-19+. The van der Waals surface area contributed by atoms with Crippen molar-refractivity contribution in [3.63, 3.8) is 0 Å². The normalized spacial score (nSPS) is 10.8. The van der Waals surface area contributed by atoms with E-state index in [9.17, 15) is 9.59 Å². The van der Waals surface area contributed by atoms with E-state index in [-0.39, 0.29) is 12.5 Å². The van der Waals surface area contributed by atoms with E-state index < -0.39 is 5.91 Å². The third-order valence-electron chi connectivity index (χ3n) is 6.10. The van der Waals surface area contributed by atoms with Gasteiger partial charge in [-0.1, -0.05) is 54.1 Å². The molecule has 0 aliphatic heterocycles. The summed E-state index contributed by atoms with van der Waals surface area (Å²) >= 11 is 6.35. The van der Waals surface area contributed by atoms with Crippen LogP contribution in [0.15, 0.2) is 90.0 Å². The minimum Gasteiger partial charge on any atom is -0.490 e. The lowest BCUT2D eigenvalue weighted by molar-refractivity contribution is -0.118. The van der Waals surface area contributed by atoms with E-state index in [0.717, 1.165) is 22.4 Å². The maximum Gasteiger partial charge on any atom is 0.271 e. The molecule has 9 heteroatoms. The van der Waals surface area contributed by atoms with Crippen molar-refractivity contribution in [2.24, 2.45) is 5.10 Å². The van der Waals surface area contributed by atoms with Gasteiger partial charge in [0.2, 0.25) is 0 Å². The second-order valence-corrected chi connectivity index (χ2v) is 9.82. The number of ether oxygens (including phenoxy) is 3. The van der Waals surface area contributed by atoms with Crippen molar-refractivity contribution in [2.45, 2.75) is 27.4 Å². The molecule has 4 rings (SSSR count). The molecule has 0 saturated carbocycles. The molecule has 0 aliphatic carbocycles. The van der Waals surface area contributed by atoms with Crippen LogP contribution in [0.3, 0.4) is 0 Å². The summed E-state index contributed by atoms with van der Waals surface area (Å²) in [6.07, 6.45) is 1.46. The van der Waals surface area contributed by atoms with Gasteiger partial charge in [0.25, 0.3) is 11.8 Å². The molecule has 216 valence electrons. The van der Waals surface area contributed by atoms with Gasteiger partial charge in [-0.25, -0.2) is 5.43 Å². The molecule has 42 heavy (non-hydrogen) atoms. The summed E-state index contributed by atoms with van der Waals surface area (Å²) in [6, 6.07) is 25.6. The summed E-state index contributed by atoms with van der Waals surface area (Å²) in [5, 5.41) is 7.19. The van der Waals surface area contributed by atoms with Crippen LogP contribution >= 0.6 is 11.6 Å². The van der Waals surface area contributed by atoms with Crippen molar-refractivity contribution in [3.8, 4) is 17.2 Å². The van der Waals surface area contributed by atoms with Gasteiger partial charge in [-0.2, -0.15) is 5.10 Å². The highest BCUT2D eigenvalue weighted by Gasteiger charge is 2.12. The monoisotopic (exact) mass is 585 g/mol. The fraction of sp³-hybridized carbons (Fsp3) is 0.182. The highest BCUT2D eigenvalue weighted by atomic mass is 35.5. The summed E-state index contributed by atoms with van der Waals surface area (Å²) in [5.41, 5.74) is 7.27. The first kappa shape index (κ1) is 30.1. The van der Waals surface area contributed by atoms with Gasteiger partial charge >= 0.3 is 0 Å². The number of rotatable bonds is 12. The minimum atomic E-state index is -0.414. The summed E-state index contributed by atoms with van der Waals surface area (Å²) in [4.78, 5) is 25.1. The van der Waals surface area contributed by atoms with Crippen LogP contribution in [-0.2, 0) is 11.4 Å². The molecular weight excluding hydrogens is 554 g/mol. The Labute approximate surface area is 250 Å². The molecule has 2 amide bonds. The summed E-state index contributed by atoms with van der Waals surface area (Å²) in [6.45, 7) is 6.34. The van der Waals surface area contributed by atoms with Crippen LogP contribution in [0.5, 0.6) is 17.2 Å². The Hall–Kier alpha value is -4.82. The van der Waals surface area contributed by atoms with E-state index in [2.05, 4.69) is 15.8 Å². The fourth-order valence-corrected chi connectivity index (χ4v) is 4.16. The lowest BCUT2D eigenvalue weighted by Crippen LogP contribution is -2.20. The van der Waals surface area contributed by atoms with Crippen molar-refractivity contribution in [1.29, 1.82) is 0 Å². The molecule has 0 aromatic heterocycles. The third kappa shape index (κ3) is 8.59. The van der Waals surface area contributed by atoms with E-state index >= 15 is 0 Å². The van der Waals surface area contributed by atoms with Gasteiger partial charge < -0.3 is 19.5 Å². The number of hydrazone groups is 1. The maximum atomic E-state index is 12.7. The van der Waals surface area contributed by atoms with E-state index in [1.165, 1.54) is 6.21 Å². The van der Waals surface area contributed by atoms with Crippen LogP contribution in [0, 0.1) is 13.8 Å². The Morgan fingerprint density at radius 3 is 2.40 bits per heavy atom. The number of carbonyl (C=O) groups excluding carboxylic acids is 2.